The lowest BCUT2D eigenvalue weighted by Crippen LogP contribution is -2.43. The molecule has 0 bridgehead atoms. The summed E-state index contributed by atoms with van der Waals surface area (Å²) in [5, 5.41) is 0.940. The third kappa shape index (κ3) is 3.02. The molecule has 2 rings (SSSR count). The summed E-state index contributed by atoms with van der Waals surface area (Å²) in [7, 11) is 1.85. The summed E-state index contributed by atoms with van der Waals surface area (Å²) < 4.78 is 0. The summed E-state index contributed by atoms with van der Waals surface area (Å²) in [5.74, 6) is 0.665. The lowest BCUT2D eigenvalue weighted by Gasteiger charge is -2.26. The summed E-state index contributed by atoms with van der Waals surface area (Å²) in [6.45, 7) is 4.36. The fourth-order valence-corrected chi connectivity index (χ4v) is 3.09. The maximum absolute atomic E-state index is 12.4. The summed E-state index contributed by atoms with van der Waals surface area (Å²) in [4.78, 5) is 19.2. The number of nitrogens with two attached hydrogens (primary N) is 1. The zero-order valence-electron chi connectivity index (χ0n) is 11.0. The van der Waals surface area contributed by atoms with Crippen LogP contribution >= 0.6 is 23.7 Å². The van der Waals surface area contributed by atoms with Gasteiger partial charge in [0.2, 0.25) is 0 Å². The summed E-state index contributed by atoms with van der Waals surface area (Å²) in [6.07, 6.45) is 2.39. The van der Waals surface area contributed by atoms with Crippen LogP contribution in [0, 0.1) is 19.8 Å². The quantitative estimate of drug-likeness (QED) is 0.922. The molecule has 1 aliphatic carbocycles. The number of likely N-dealkylation sites (N-methyl/N-ethyl adjacent to an activating group) is 1. The second kappa shape index (κ2) is 5.99. The smallest absolute Gasteiger partial charge is 0.265 e. The molecule has 1 unspecified atom stereocenters. The standard InChI is InChI=1S/C12H19N3OS.ClH/c1-7-11(17-8(2)14-7)12(16)15(3)10(6-13)9-4-5-9;/h9-10H,4-6,13H2,1-3H3;1H. The predicted octanol–water partition coefficient (Wildman–Crippen LogP) is 1.99. The molecule has 1 saturated carbocycles. The Kier molecular flexibility index (Phi) is 5.13. The number of hydrogen-bond acceptors (Lipinski definition) is 4. The molecule has 0 radical (unpaired) electrons. The van der Waals surface area contributed by atoms with Crippen molar-refractivity contribution in [1.29, 1.82) is 0 Å². The van der Waals surface area contributed by atoms with Crippen LogP contribution in [-0.2, 0) is 0 Å². The van der Waals surface area contributed by atoms with Crippen LogP contribution in [0.1, 0.15) is 33.2 Å². The van der Waals surface area contributed by atoms with Crippen molar-refractivity contribution in [3.8, 4) is 0 Å². The Bertz CT molecular complexity index is 431. The molecule has 0 aromatic carbocycles. The fraction of sp³-hybridized carbons (Fsp3) is 0.667. The van der Waals surface area contributed by atoms with E-state index in [2.05, 4.69) is 4.98 Å². The number of aryl methyl sites for hydroxylation is 2. The number of rotatable bonds is 4. The number of carbonyl (C=O) groups excluding carboxylic acids is 1. The highest BCUT2D eigenvalue weighted by atomic mass is 35.5. The molecule has 1 aromatic rings. The molecule has 1 aliphatic rings. The molecular formula is C12H20ClN3OS. The maximum Gasteiger partial charge on any atom is 0.265 e. The SMILES string of the molecule is Cc1nc(C)c(C(=O)N(C)C(CN)C2CC2)s1.Cl. The second-order valence-corrected chi connectivity index (χ2v) is 5.91. The van der Waals surface area contributed by atoms with Crippen molar-refractivity contribution < 1.29 is 4.79 Å². The highest BCUT2D eigenvalue weighted by molar-refractivity contribution is 7.13. The Morgan fingerprint density at radius 3 is 2.56 bits per heavy atom. The number of hydrogen-bond donors (Lipinski definition) is 1. The van der Waals surface area contributed by atoms with Crippen LogP contribution in [0.4, 0.5) is 0 Å². The van der Waals surface area contributed by atoms with Gasteiger partial charge < -0.3 is 10.6 Å². The number of amides is 1. The van der Waals surface area contributed by atoms with E-state index >= 15 is 0 Å². The van der Waals surface area contributed by atoms with Crippen LogP contribution < -0.4 is 5.73 Å². The van der Waals surface area contributed by atoms with Crippen molar-refractivity contribution in [2.45, 2.75) is 32.7 Å². The Morgan fingerprint density at radius 2 is 2.17 bits per heavy atom. The third-order valence-electron chi connectivity index (χ3n) is 3.32. The van der Waals surface area contributed by atoms with Crippen LogP contribution in [0.5, 0.6) is 0 Å². The Balaban J connectivity index is 0.00000162. The van der Waals surface area contributed by atoms with E-state index in [9.17, 15) is 4.79 Å². The minimum atomic E-state index is 0. The molecule has 102 valence electrons. The van der Waals surface area contributed by atoms with Gasteiger partial charge in [-0.1, -0.05) is 0 Å². The van der Waals surface area contributed by atoms with Crippen LogP contribution in [0.15, 0.2) is 0 Å². The third-order valence-corrected chi connectivity index (χ3v) is 4.38. The molecule has 1 amide bonds. The molecule has 1 atom stereocenters. The minimum absolute atomic E-state index is 0. The highest BCUT2D eigenvalue weighted by Crippen LogP contribution is 2.35. The molecule has 2 N–H and O–H groups in total. The summed E-state index contributed by atoms with van der Waals surface area (Å²) >= 11 is 1.47. The second-order valence-electron chi connectivity index (χ2n) is 4.70. The molecular weight excluding hydrogens is 270 g/mol. The number of aromatic nitrogens is 1. The topological polar surface area (TPSA) is 59.2 Å². The first-order chi connectivity index (χ1) is 8.04. The summed E-state index contributed by atoms with van der Waals surface area (Å²) in [5.41, 5.74) is 6.60. The Labute approximate surface area is 118 Å². The normalized spacial score (nSPS) is 16.0. The average molecular weight is 290 g/mol. The van der Waals surface area contributed by atoms with Crippen molar-refractivity contribution >= 4 is 29.7 Å². The Hall–Kier alpha value is -0.650. The van der Waals surface area contributed by atoms with Crippen LogP contribution in [-0.4, -0.2) is 35.4 Å². The molecule has 1 aromatic heterocycles. The lowest BCUT2D eigenvalue weighted by molar-refractivity contribution is 0.0722. The molecule has 4 nitrogen and oxygen atoms in total. The first-order valence-corrected chi connectivity index (χ1v) is 6.77. The average Bonchev–Trinajstić information content (AvgIpc) is 3.04. The van der Waals surface area contributed by atoms with Gasteiger partial charge in [0.25, 0.3) is 5.91 Å². The number of halogens is 1. The van der Waals surface area contributed by atoms with Crippen molar-refractivity contribution in [3.05, 3.63) is 15.6 Å². The molecule has 18 heavy (non-hydrogen) atoms. The largest absolute Gasteiger partial charge is 0.336 e. The van der Waals surface area contributed by atoms with Crippen molar-refractivity contribution in [1.82, 2.24) is 9.88 Å². The van der Waals surface area contributed by atoms with E-state index in [0.717, 1.165) is 15.6 Å². The van der Waals surface area contributed by atoms with E-state index in [4.69, 9.17) is 5.73 Å². The van der Waals surface area contributed by atoms with Crippen LogP contribution in [0.2, 0.25) is 0 Å². The van der Waals surface area contributed by atoms with Gasteiger partial charge in [0, 0.05) is 19.6 Å². The van der Waals surface area contributed by atoms with Gasteiger partial charge in [-0.2, -0.15) is 0 Å². The molecule has 6 heteroatoms. The molecule has 1 heterocycles. The molecule has 0 spiro atoms. The van der Waals surface area contributed by atoms with Gasteiger partial charge >= 0.3 is 0 Å². The minimum Gasteiger partial charge on any atom is -0.336 e. The zero-order valence-corrected chi connectivity index (χ0v) is 12.6. The predicted molar refractivity (Wildman–Crippen MR) is 76.5 cm³/mol. The van der Waals surface area contributed by atoms with Crippen LogP contribution in [0.25, 0.3) is 0 Å². The van der Waals surface area contributed by atoms with Gasteiger partial charge in [0.15, 0.2) is 0 Å². The van der Waals surface area contributed by atoms with Crippen molar-refractivity contribution in [2.24, 2.45) is 11.7 Å². The monoisotopic (exact) mass is 289 g/mol. The van der Waals surface area contributed by atoms with E-state index in [1.807, 2.05) is 20.9 Å². The van der Waals surface area contributed by atoms with Gasteiger partial charge in [0.05, 0.1) is 10.7 Å². The molecule has 1 fully saturated rings. The number of nitrogens with zero attached hydrogens (tertiary/aromatic N) is 2. The zero-order chi connectivity index (χ0) is 12.6. The highest BCUT2D eigenvalue weighted by Gasteiger charge is 2.35. The van der Waals surface area contributed by atoms with Gasteiger partial charge in [0.1, 0.15) is 4.88 Å². The van der Waals surface area contributed by atoms with Gasteiger partial charge in [-0.3, -0.25) is 4.79 Å². The molecule has 0 saturated heterocycles. The van der Waals surface area contributed by atoms with E-state index in [1.54, 1.807) is 4.90 Å². The van der Waals surface area contributed by atoms with Gasteiger partial charge in [-0.15, -0.1) is 23.7 Å². The molecule has 0 aliphatic heterocycles. The van der Waals surface area contributed by atoms with Crippen molar-refractivity contribution in [3.63, 3.8) is 0 Å². The Morgan fingerprint density at radius 1 is 1.56 bits per heavy atom. The number of carbonyl (C=O) groups is 1. The first-order valence-electron chi connectivity index (χ1n) is 5.95. The van der Waals surface area contributed by atoms with Crippen LogP contribution in [0.3, 0.4) is 0 Å². The van der Waals surface area contributed by atoms with Gasteiger partial charge in [-0.05, 0) is 32.6 Å². The van der Waals surface area contributed by atoms with E-state index in [1.165, 1.54) is 24.2 Å². The maximum atomic E-state index is 12.4. The summed E-state index contributed by atoms with van der Waals surface area (Å²) in [6, 6.07) is 0.185. The fourth-order valence-electron chi connectivity index (χ4n) is 2.19. The lowest BCUT2D eigenvalue weighted by atomic mass is 10.1. The van der Waals surface area contributed by atoms with E-state index in [0.29, 0.717) is 12.5 Å². The number of thiazole rings is 1. The van der Waals surface area contributed by atoms with E-state index < -0.39 is 0 Å². The van der Waals surface area contributed by atoms with Crippen molar-refractivity contribution in [2.75, 3.05) is 13.6 Å². The van der Waals surface area contributed by atoms with E-state index in [-0.39, 0.29) is 24.4 Å². The first kappa shape index (κ1) is 15.4. The van der Waals surface area contributed by atoms with Gasteiger partial charge in [-0.25, -0.2) is 4.98 Å².